The molecule has 0 saturated carbocycles. The maximum absolute atomic E-state index is 10.2. The first-order valence-corrected chi connectivity index (χ1v) is 9.73. The van der Waals surface area contributed by atoms with Crippen molar-refractivity contribution in [2.75, 3.05) is 0 Å². The van der Waals surface area contributed by atoms with Gasteiger partial charge in [-0.2, -0.15) is 5.10 Å². The molecule has 0 bridgehead atoms. The number of hydrogen-bond donors (Lipinski definition) is 1. The maximum Gasteiger partial charge on any atom is 0.158 e. The molecule has 0 unspecified atom stereocenters. The molecule has 29 heavy (non-hydrogen) atoms. The summed E-state index contributed by atoms with van der Waals surface area (Å²) >= 11 is 0. The van der Waals surface area contributed by atoms with E-state index in [9.17, 15) is 5.11 Å². The molecule has 1 N–H and O–H groups in total. The Kier molecular flexibility index (Phi) is 5.64. The lowest BCUT2D eigenvalue weighted by Crippen LogP contribution is -2.07. The fourth-order valence-electron chi connectivity index (χ4n) is 3.56. The van der Waals surface area contributed by atoms with Crippen molar-refractivity contribution in [3.63, 3.8) is 0 Å². The van der Waals surface area contributed by atoms with Crippen LogP contribution in [-0.4, -0.2) is 24.9 Å². The van der Waals surface area contributed by atoms with Gasteiger partial charge in [-0.1, -0.05) is 30.3 Å². The first-order chi connectivity index (χ1) is 14.2. The summed E-state index contributed by atoms with van der Waals surface area (Å²) in [4.78, 5) is 9.15. The number of rotatable bonds is 7. The molecule has 0 fully saturated rings. The SMILES string of the molecule is CCn1ncc2c(-c3cncc(C)c3)c(CO)c(COCc3ccccc3)nc21. The fourth-order valence-corrected chi connectivity index (χ4v) is 3.56. The van der Waals surface area contributed by atoms with Crippen LogP contribution in [-0.2, 0) is 31.1 Å². The fraction of sp³-hybridized carbons (Fsp3) is 0.261. The van der Waals surface area contributed by atoms with E-state index >= 15 is 0 Å². The number of aromatic nitrogens is 4. The van der Waals surface area contributed by atoms with Crippen molar-refractivity contribution in [3.05, 3.63) is 77.4 Å². The Morgan fingerprint density at radius 2 is 1.90 bits per heavy atom. The van der Waals surface area contributed by atoms with Gasteiger partial charge in [0.2, 0.25) is 0 Å². The van der Waals surface area contributed by atoms with Crippen molar-refractivity contribution in [2.24, 2.45) is 0 Å². The van der Waals surface area contributed by atoms with Crippen LogP contribution < -0.4 is 0 Å². The van der Waals surface area contributed by atoms with Gasteiger partial charge < -0.3 is 9.84 Å². The van der Waals surface area contributed by atoms with E-state index in [4.69, 9.17) is 9.72 Å². The molecule has 4 rings (SSSR count). The zero-order valence-electron chi connectivity index (χ0n) is 16.7. The standard InChI is InChI=1S/C23H24N4O2/c1-3-27-23-19(12-25-27)22(18-9-16(2)10-24-11-18)20(13-28)21(26-23)15-29-14-17-7-5-4-6-8-17/h4-12,28H,3,13-15H2,1-2H3. The number of aryl methyl sites for hydroxylation is 2. The molecule has 148 valence electrons. The molecule has 0 spiro atoms. The minimum absolute atomic E-state index is 0.131. The molecule has 4 aromatic rings. The van der Waals surface area contributed by atoms with E-state index in [0.29, 0.717) is 19.8 Å². The van der Waals surface area contributed by atoms with Gasteiger partial charge in [0.25, 0.3) is 0 Å². The molecular weight excluding hydrogens is 364 g/mol. The number of aliphatic hydroxyl groups excluding tert-OH is 1. The average molecular weight is 388 g/mol. The number of aliphatic hydroxyl groups is 1. The number of fused-ring (bicyclic) bond motifs is 1. The highest BCUT2D eigenvalue weighted by atomic mass is 16.5. The van der Waals surface area contributed by atoms with Crippen LogP contribution in [0.2, 0.25) is 0 Å². The predicted octanol–water partition coefficient (Wildman–Crippen LogP) is 4.03. The molecular formula is C23H24N4O2. The zero-order valence-corrected chi connectivity index (χ0v) is 16.7. The topological polar surface area (TPSA) is 73.1 Å². The summed E-state index contributed by atoms with van der Waals surface area (Å²) in [5.41, 5.74) is 6.30. The molecule has 0 aliphatic heterocycles. The Morgan fingerprint density at radius 3 is 2.62 bits per heavy atom. The van der Waals surface area contributed by atoms with Crippen LogP contribution in [0.3, 0.4) is 0 Å². The summed E-state index contributed by atoms with van der Waals surface area (Å²) in [5.74, 6) is 0. The van der Waals surface area contributed by atoms with E-state index in [-0.39, 0.29) is 6.61 Å². The number of hydrogen-bond acceptors (Lipinski definition) is 5. The second-order valence-electron chi connectivity index (χ2n) is 7.00. The molecule has 3 heterocycles. The molecule has 1 aromatic carbocycles. The number of ether oxygens (including phenoxy) is 1. The predicted molar refractivity (Wildman–Crippen MR) is 112 cm³/mol. The van der Waals surface area contributed by atoms with Crippen molar-refractivity contribution < 1.29 is 9.84 Å². The summed E-state index contributed by atoms with van der Waals surface area (Å²) in [6, 6.07) is 12.1. The third kappa shape index (κ3) is 3.90. The number of pyridine rings is 2. The summed E-state index contributed by atoms with van der Waals surface area (Å²) in [7, 11) is 0. The van der Waals surface area contributed by atoms with Crippen molar-refractivity contribution in [2.45, 2.75) is 40.2 Å². The maximum atomic E-state index is 10.2. The van der Waals surface area contributed by atoms with E-state index in [1.807, 2.05) is 67.5 Å². The first-order valence-electron chi connectivity index (χ1n) is 9.73. The van der Waals surface area contributed by atoms with Gasteiger partial charge in [-0.05, 0) is 31.0 Å². The largest absolute Gasteiger partial charge is 0.392 e. The van der Waals surface area contributed by atoms with Crippen LogP contribution in [0.1, 0.15) is 29.3 Å². The van der Waals surface area contributed by atoms with Crippen LogP contribution in [0.4, 0.5) is 0 Å². The lowest BCUT2D eigenvalue weighted by molar-refractivity contribution is 0.103. The molecule has 0 amide bonds. The molecule has 6 nitrogen and oxygen atoms in total. The Bertz CT molecular complexity index is 1120. The van der Waals surface area contributed by atoms with Crippen LogP contribution in [0.5, 0.6) is 0 Å². The molecule has 0 radical (unpaired) electrons. The van der Waals surface area contributed by atoms with Gasteiger partial charge in [0.05, 0.1) is 31.7 Å². The van der Waals surface area contributed by atoms with Crippen molar-refractivity contribution in [3.8, 4) is 11.1 Å². The summed E-state index contributed by atoms with van der Waals surface area (Å²) in [6.07, 6.45) is 5.45. The first kappa shape index (κ1) is 19.2. The third-order valence-electron chi connectivity index (χ3n) is 4.94. The highest BCUT2D eigenvalue weighted by Gasteiger charge is 2.19. The number of nitrogens with zero attached hydrogens (tertiary/aromatic N) is 4. The van der Waals surface area contributed by atoms with E-state index in [1.165, 1.54) is 0 Å². The van der Waals surface area contributed by atoms with Crippen molar-refractivity contribution in [1.82, 2.24) is 19.7 Å². The van der Waals surface area contributed by atoms with Crippen LogP contribution >= 0.6 is 0 Å². The van der Waals surface area contributed by atoms with Gasteiger partial charge in [-0.25, -0.2) is 9.67 Å². The van der Waals surface area contributed by atoms with E-state index in [1.54, 1.807) is 0 Å². The Balaban J connectivity index is 1.79. The van der Waals surface area contributed by atoms with Crippen molar-refractivity contribution >= 4 is 11.0 Å². The van der Waals surface area contributed by atoms with E-state index in [2.05, 4.69) is 16.1 Å². The van der Waals surface area contributed by atoms with Crippen LogP contribution in [0.15, 0.2) is 55.0 Å². The molecule has 0 atom stereocenters. The van der Waals surface area contributed by atoms with Crippen LogP contribution in [0.25, 0.3) is 22.2 Å². The second-order valence-corrected chi connectivity index (χ2v) is 7.00. The molecule has 0 aliphatic carbocycles. The van der Waals surface area contributed by atoms with E-state index in [0.717, 1.165) is 44.5 Å². The van der Waals surface area contributed by atoms with E-state index < -0.39 is 0 Å². The normalized spacial score (nSPS) is 11.3. The molecule has 0 aliphatic rings. The molecule has 6 heteroatoms. The Morgan fingerprint density at radius 1 is 1.07 bits per heavy atom. The van der Waals surface area contributed by atoms with Gasteiger partial charge in [0.1, 0.15) is 0 Å². The number of benzene rings is 1. The summed E-state index contributed by atoms with van der Waals surface area (Å²) in [6.45, 7) is 5.42. The minimum atomic E-state index is -0.131. The van der Waals surface area contributed by atoms with Gasteiger partial charge in [-0.15, -0.1) is 0 Å². The minimum Gasteiger partial charge on any atom is -0.392 e. The lowest BCUT2D eigenvalue weighted by atomic mass is 9.97. The van der Waals surface area contributed by atoms with Crippen LogP contribution in [0, 0.1) is 6.92 Å². The highest BCUT2D eigenvalue weighted by molar-refractivity contribution is 5.94. The highest BCUT2D eigenvalue weighted by Crippen LogP contribution is 2.33. The van der Waals surface area contributed by atoms with Gasteiger partial charge in [0, 0.05) is 41.0 Å². The third-order valence-corrected chi connectivity index (χ3v) is 4.94. The quantitative estimate of drug-likeness (QED) is 0.517. The summed E-state index contributed by atoms with van der Waals surface area (Å²) in [5, 5.41) is 15.6. The monoisotopic (exact) mass is 388 g/mol. The Hall–Kier alpha value is -3.09. The van der Waals surface area contributed by atoms with Gasteiger partial charge in [0.15, 0.2) is 5.65 Å². The van der Waals surface area contributed by atoms with Gasteiger partial charge >= 0.3 is 0 Å². The smallest absolute Gasteiger partial charge is 0.158 e. The average Bonchev–Trinajstić information content (AvgIpc) is 3.16. The summed E-state index contributed by atoms with van der Waals surface area (Å²) < 4.78 is 7.81. The second kappa shape index (κ2) is 8.51. The Labute approximate surface area is 169 Å². The van der Waals surface area contributed by atoms with Crippen molar-refractivity contribution in [1.29, 1.82) is 0 Å². The zero-order chi connectivity index (χ0) is 20.2. The lowest BCUT2D eigenvalue weighted by Gasteiger charge is -2.15. The van der Waals surface area contributed by atoms with Gasteiger partial charge in [-0.3, -0.25) is 4.98 Å². The molecule has 3 aromatic heterocycles. The molecule has 0 saturated heterocycles.